The SMILES string of the molecule is C/C=C\C(CCC)=C(\C1C(=C/C)/C(=C\C)c2ccccc21)N(C)C. The third-order valence-electron chi connectivity index (χ3n) is 4.76. The van der Waals surface area contributed by atoms with Gasteiger partial charge in [0, 0.05) is 19.8 Å². The van der Waals surface area contributed by atoms with E-state index in [-0.39, 0.29) is 0 Å². The summed E-state index contributed by atoms with van der Waals surface area (Å²) < 4.78 is 0. The fraction of sp³-hybridized carbons (Fsp3) is 0.391. The van der Waals surface area contributed by atoms with Crippen LogP contribution in [0.4, 0.5) is 0 Å². The Hall–Kier alpha value is -2.02. The van der Waals surface area contributed by atoms with E-state index in [1.165, 1.54) is 33.5 Å². The number of nitrogens with zero attached hydrogens (tertiary/aromatic N) is 1. The molecule has 1 aliphatic rings. The lowest BCUT2D eigenvalue weighted by molar-refractivity contribution is 0.473. The Kier molecular flexibility index (Phi) is 6.25. The molecular weight excluding hydrogens is 290 g/mol. The first kappa shape index (κ1) is 18.3. The number of hydrogen-bond donors (Lipinski definition) is 0. The van der Waals surface area contributed by atoms with Crippen molar-refractivity contribution in [3.8, 4) is 0 Å². The number of benzene rings is 1. The summed E-state index contributed by atoms with van der Waals surface area (Å²) in [6.07, 6.45) is 11.3. The normalized spacial score (nSPS) is 21.5. The largest absolute Gasteiger partial charge is 0.380 e. The monoisotopic (exact) mass is 321 g/mol. The zero-order valence-corrected chi connectivity index (χ0v) is 16.1. The van der Waals surface area contributed by atoms with Gasteiger partial charge < -0.3 is 4.90 Å². The summed E-state index contributed by atoms with van der Waals surface area (Å²) in [6.45, 7) is 8.68. The van der Waals surface area contributed by atoms with Crippen LogP contribution in [0.25, 0.3) is 5.57 Å². The highest BCUT2D eigenvalue weighted by atomic mass is 15.1. The van der Waals surface area contributed by atoms with Gasteiger partial charge in [0.25, 0.3) is 0 Å². The predicted octanol–water partition coefficient (Wildman–Crippen LogP) is 6.33. The van der Waals surface area contributed by atoms with E-state index in [1.807, 2.05) is 0 Å². The third kappa shape index (κ3) is 3.26. The van der Waals surface area contributed by atoms with Crippen LogP contribution in [0.15, 0.2) is 65.4 Å². The zero-order chi connectivity index (χ0) is 17.7. The second-order valence-electron chi connectivity index (χ2n) is 6.52. The van der Waals surface area contributed by atoms with Crippen LogP contribution in [0.5, 0.6) is 0 Å². The lowest BCUT2D eigenvalue weighted by Crippen LogP contribution is -2.20. The van der Waals surface area contributed by atoms with Gasteiger partial charge in [-0.1, -0.05) is 61.9 Å². The molecule has 1 atom stereocenters. The van der Waals surface area contributed by atoms with Gasteiger partial charge in [-0.3, -0.25) is 0 Å². The Morgan fingerprint density at radius 1 is 1.08 bits per heavy atom. The summed E-state index contributed by atoms with van der Waals surface area (Å²) in [6, 6.07) is 8.87. The molecule has 1 heteroatoms. The van der Waals surface area contributed by atoms with E-state index >= 15 is 0 Å². The first-order valence-corrected chi connectivity index (χ1v) is 9.05. The standard InChI is InChI=1S/C23H31N/c1-7-13-17(14-8-2)23(24(5)6)22-19(10-4)18(9-3)20-15-11-12-16-21(20)22/h7,9-13,15-16,22H,8,14H2,1-6H3/b13-7-,18-9+,19-10+,23-17+. The number of likely N-dealkylation sites (N-methyl/N-ethyl adjacent to an activating group) is 1. The van der Waals surface area contributed by atoms with Crippen LogP contribution in [0.3, 0.4) is 0 Å². The molecule has 0 fully saturated rings. The van der Waals surface area contributed by atoms with Gasteiger partial charge in [0.05, 0.1) is 5.92 Å². The van der Waals surface area contributed by atoms with Crippen LogP contribution >= 0.6 is 0 Å². The highest BCUT2D eigenvalue weighted by Gasteiger charge is 2.34. The molecule has 1 aliphatic carbocycles. The Morgan fingerprint density at radius 3 is 2.33 bits per heavy atom. The average molecular weight is 322 g/mol. The van der Waals surface area contributed by atoms with Crippen molar-refractivity contribution in [2.24, 2.45) is 0 Å². The number of rotatable bonds is 5. The molecule has 1 nitrogen and oxygen atoms in total. The Morgan fingerprint density at radius 2 is 1.79 bits per heavy atom. The van der Waals surface area contributed by atoms with Gasteiger partial charge in [0.1, 0.15) is 0 Å². The van der Waals surface area contributed by atoms with Crippen molar-refractivity contribution < 1.29 is 0 Å². The molecule has 128 valence electrons. The van der Waals surface area contributed by atoms with Gasteiger partial charge >= 0.3 is 0 Å². The summed E-state index contributed by atoms with van der Waals surface area (Å²) in [5.74, 6) is 0.324. The van der Waals surface area contributed by atoms with Crippen LogP contribution in [0.2, 0.25) is 0 Å². The van der Waals surface area contributed by atoms with Crippen molar-refractivity contribution in [3.63, 3.8) is 0 Å². The Balaban J connectivity index is 2.76. The summed E-state index contributed by atoms with van der Waals surface area (Å²) in [4.78, 5) is 2.31. The lowest BCUT2D eigenvalue weighted by Gasteiger charge is -2.28. The molecule has 1 unspecified atom stereocenters. The molecule has 2 rings (SSSR count). The molecule has 1 aromatic carbocycles. The average Bonchev–Trinajstić information content (AvgIpc) is 2.88. The van der Waals surface area contributed by atoms with Crippen LogP contribution in [-0.2, 0) is 0 Å². The van der Waals surface area contributed by atoms with Crippen molar-refractivity contribution in [3.05, 3.63) is 76.5 Å². The van der Waals surface area contributed by atoms with Gasteiger partial charge in [-0.25, -0.2) is 0 Å². The van der Waals surface area contributed by atoms with Crippen molar-refractivity contribution in [1.29, 1.82) is 0 Å². The van der Waals surface area contributed by atoms with Gasteiger partial charge in [0.2, 0.25) is 0 Å². The minimum Gasteiger partial charge on any atom is -0.380 e. The van der Waals surface area contributed by atoms with E-state index in [4.69, 9.17) is 0 Å². The summed E-state index contributed by atoms with van der Waals surface area (Å²) in [5.41, 5.74) is 8.50. The molecule has 0 spiro atoms. The van der Waals surface area contributed by atoms with Gasteiger partial charge in [-0.2, -0.15) is 0 Å². The van der Waals surface area contributed by atoms with E-state index < -0.39 is 0 Å². The first-order valence-electron chi connectivity index (χ1n) is 9.05. The smallest absolute Gasteiger partial charge is 0.0501 e. The van der Waals surface area contributed by atoms with Crippen molar-refractivity contribution in [2.45, 2.75) is 46.5 Å². The Bertz CT molecular complexity index is 699. The zero-order valence-electron chi connectivity index (χ0n) is 16.1. The number of fused-ring (bicyclic) bond motifs is 1. The first-order chi connectivity index (χ1) is 11.6. The second kappa shape index (κ2) is 8.19. The van der Waals surface area contributed by atoms with E-state index in [2.05, 4.69) is 95.3 Å². The van der Waals surface area contributed by atoms with Gasteiger partial charge in [0.15, 0.2) is 0 Å². The maximum atomic E-state index is 2.31. The van der Waals surface area contributed by atoms with Gasteiger partial charge in [-0.15, -0.1) is 0 Å². The molecule has 0 bridgehead atoms. The molecule has 0 heterocycles. The maximum Gasteiger partial charge on any atom is 0.0501 e. The summed E-state index contributed by atoms with van der Waals surface area (Å²) in [5, 5.41) is 0. The topological polar surface area (TPSA) is 3.24 Å². The lowest BCUT2D eigenvalue weighted by atomic mass is 9.88. The molecule has 1 aromatic rings. The Labute approximate surface area is 148 Å². The molecular formula is C23H31N. The van der Waals surface area contributed by atoms with Crippen molar-refractivity contribution in [2.75, 3.05) is 14.1 Å². The van der Waals surface area contributed by atoms with Crippen LogP contribution in [-0.4, -0.2) is 19.0 Å². The molecule has 0 aliphatic heterocycles. The van der Waals surface area contributed by atoms with E-state index in [0.717, 1.165) is 12.8 Å². The third-order valence-corrected chi connectivity index (χ3v) is 4.76. The molecule has 0 radical (unpaired) electrons. The number of hydrogen-bond acceptors (Lipinski definition) is 1. The molecule has 0 saturated carbocycles. The molecule has 0 amide bonds. The van der Waals surface area contributed by atoms with Crippen LogP contribution < -0.4 is 0 Å². The quantitative estimate of drug-likeness (QED) is 0.573. The summed E-state index contributed by atoms with van der Waals surface area (Å²) in [7, 11) is 4.36. The fourth-order valence-corrected chi connectivity index (χ4v) is 3.91. The van der Waals surface area contributed by atoms with Crippen molar-refractivity contribution >= 4 is 5.57 Å². The summed E-state index contributed by atoms with van der Waals surface area (Å²) >= 11 is 0. The molecule has 24 heavy (non-hydrogen) atoms. The number of allylic oxidation sites excluding steroid dienone is 7. The van der Waals surface area contributed by atoms with Crippen molar-refractivity contribution in [1.82, 2.24) is 4.90 Å². The van der Waals surface area contributed by atoms with Crippen LogP contribution in [0.1, 0.15) is 57.6 Å². The highest BCUT2D eigenvalue weighted by molar-refractivity contribution is 5.89. The second-order valence-corrected chi connectivity index (χ2v) is 6.52. The maximum absolute atomic E-state index is 2.31. The molecule has 0 N–H and O–H groups in total. The molecule has 0 saturated heterocycles. The van der Waals surface area contributed by atoms with E-state index in [1.54, 1.807) is 0 Å². The highest BCUT2D eigenvalue weighted by Crippen LogP contribution is 2.50. The van der Waals surface area contributed by atoms with Crippen LogP contribution in [0, 0.1) is 0 Å². The predicted molar refractivity (Wildman–Crippen MR) is 107 cm³/mol. The molecule has 0 aromatic heterocycles. The van der Waals surface area contributed by atoms with E-state index in [9.17, 15) is 0 Å². The fourth-order valence-electron chi connectivity index (χ4n) is 3.91. The van der Waals surface area contributed by atoms with Gasteiger partial charge in [-0.05, 0) is 55.0 Å². The minimum atomic E-state index is 0.324. The minimum absolute atomic E-state index is 0.324. The van der Waals surface area contributed by atoms with E-state index in [0.29, 0.717) is 5.92 Å².